The van der Waals surface area contributed by atoms with Crippen LogP contribution in [0.5, 0.6) is 0 Å². The number of hydrogen-bond donors (Lipinski definition) is 1. The highest BCUT2D eigenvalue weighted by molar-refractivity contribution is 6.11. The van der Waals surface area contributed by atoms with Crippen LogP contribution in [0.15, 0.2) is 42.5 Å². The van der Waals surface area contributed by atoms with Gasteiger partial charge in [-0.05, 0) is 36.1 Å². The molecular formula is C16H13N. The molecule has 82 valence electrons. The monoisotopic (exact) mass is 219 g/mol. The summed E-state index contributed by atoms with van der Waals surface area (Å²) in [5.41, 5.74) is 5.36. The molecule has 0 saturated heterocycles. The second kappa shape index (κ2) is 3.24. The molecule has 0 aliphatic heterocycles. The van der Waals surface area contributed by atoms with Gasteiger partial charge in [-0.25, -0.2) is 0 Å². The van der Waals surface area contributed by atoms with E-state index in [0.29, 0.717) is 0 Å². The van der Waals surface area contributed by atoms with E-state index in [-0.39, 0.29) is 0 Å². The summed E-state index contributed by atoms with van der Waals surface area (Å²) >= 11 is 0. The Morgan fingerprint density at radius 1 is 0.941 bits per heavy atom. The van der Waals surface area contributed by atoms with Crippen LogP contribution < -0.4 is 0 Å². The van der Waals surface area contributed by atoms with Gasteiger partial charge >= 0.3 is 0 Å². The predicted molar refractivity (Wildman–Crippen MR) is 73.2 cm³/mol. The van der Waals surface area contributed by atoms with Crippen molar-refractivity contribution in [1.29, 1.82) is 0 Å². The van der Waals surface area contributed by atoms with Crippen LogP contribution in [0.25, 0.3) is 27.9 Å². The van der Waals surface area contributed by atoms with Gasteiger partial charge in [-0.2, -0.15) is 0 Å². The quantitative estimate of drug-likeness (QED) is 0.581. The fourth-order valence-electron chi connectivity index (χ4n) is 2.86. The molecule has 0 saturated carbocycles. The van der Waals surface area contributed by atoms with Crippen LogP contribution in [0.2, 0.25) is 0 Å². The molecule has 0 fully saturated rings. The maximum absolute atomic E-state index is 3.49. The molecule has 0 bridgehead atoms. The van der Waals surface area contributed by atoms with E-state index in [4.69, 9.17) is 0 Å². The smallest absolute Gasteiger partial charge is 0.0471 e. The lowest BCUT2D eigenvalue weighted by molar-refractivity contribution is 0.990. The van der Waals surface area contributed by atoms with Crippen molar-refractivity contribution >= 4 is 27.9 Å². The van der Waals surface area contributed by atoms with Crippen molar-refractivity contribution in [3.05, 3.63) is 53.6 Å². The molecule has 1 aliphatic rings. The van der Waals surface area contributed by atoms with Gasteiger partial charge in [0, 0.05) is 21.8 Å². The molecule has 0 spiro atoms. The normalized spacial score (nSPS) is 14.4. The third kappa shape index (κ3) is 1.19. The van der Waals surface area contributed by atoms with Gasteiger partial charge in [-0.15, -0.1) is 0 Å². The molecule has 3 aromatic rings. The zero-order chi connectivity index (χ0) is 11.2. The van der Waals surface area contributed by atoms with Gasteiger partial charge in [0.1, 0.15) is 0 Å². The molecular weight excluding hydrogens is 206 g/mol. The van der Waals surface area contributed by atoms with Crippen molar-refractivity contribution in [2.45, 2.75) is 12.8 Å². The molecule has 0 unspecified atom stereocenters. The number of aryl methyl sites for hydroxylation is 1. The molecule has 1 N–H and O–H groups in total. The van der Waals surface area contributed by atoms with Gasteiger partial charge in [-0.1, -0.05) is 36.4 Å². The molecule has 1 heteroatoms. The minimum atomic E-state index is 1.17. The second-order valence-corrected chi connectivity index (χ2v) is 4.67. The Morgan fingerprint density at radius 3 is 2.88 bits per heavy atom. The average molecular weight is 219 g/mol. The Hall–Kier alpha value is -2.02. The second-order valence-electron chi connectivity index (χ2n) is 4.67. The first-order valence-corrected chi connectivity index (χ1v) is 6.12. The first kappa shape index (κ1) is 9.06. The van der Waals surface area contributed by atoms with Gasteiger partial charge in [0.05, 0.1) is 0 Å². The van der Waals surface area contributed by atoms with E-state index in [2.05, 4.69) is 53.5 Å². The number of nitrogens with one attached hydrogen (secondary N) is 1. The summed E-state index contributed by atoms with van der Waals surface area (Å²) in [6.07, 6.45) is 6.90. The number of para-hydroxylation sites is 1. The minimum absolute atomic E-state index is 1.17. The minimum Gasteiger partial charge on any atom is -0.354 e. The van der Waals surface area contributed by atoms with E-state index in [1.165, 1.54) is 45.8 Å². The Morgan fingerprint density at radius 2 is 1.88 bits per heavy atom. The van der Waals surface area contributed by atoms with Crippen LogP contribution in [-0.2, 0) is 6.42 Å². The van der Waals surface area contributed by atoms with Gasteiger partial charge in [0.15, 0.2) is 0 Å². The SMILES string of the molecule is C1=Cc2c(ccc3[nH]c4ccccc4c23)CC1. The molecule has 2 aromatic carbocycles. The topological polar surface area (TPSA) is 15.8 Å². The zero-order valence-corrected chi connectivity index (χ0v) is 9.53. The van der Waals surface area contributed by atoms with Gasteiger partial charge in [0.2, 0.25) is 0 Å². The van der Waals surface area contributed by atoms with Crippen molar-refractivity contribution in [2.75, 3.05) is 0 Å². The number of benzene rings is 2. The molecule has 1 aliphatic carbocycles. The molecule has 17 heavy (non-hydrogen) atoms. The van der Waals surface area contributed by atoms with Gasteiger partial charge < -0.3 is 4.98 Å². The summed E-state index contributed by atoms with van der Waals surface area (Å²) in [6, 6.07) is 13.0. The van der Waals surface area contributed by atoms with Crippen LogP contribution in [0, 0.1) is 0 Å². The molecule has 0 amide bonds. The summed E-state index contributed by atoms with van der Waals surface area (Å²) in [4.78, 5) is 3.49. The van der Waals surface area contributed by atoms with E-state index < -0.39 is 0 Å². The van der Waals surface area contributed by atoms with E-state index in [0.717, 1.165) is 0 Å². The average Bonchev–Trinajstić information content (AvgIpc) is 2.77. The lowest BCUT2D eigenvalue weighted by atomic mass is 9.93. The van der Waals surface area contributed by atoms with E-state index in [1.54, 1.807) is 0 Å². The highest BCUT2D eigenvalue weighted by atomic mass is 14.7. The fourth-order valence-corrected chi connectivity index (χ4v) is 2.86. The van der Waals surface area contributed by atoms with Crippen molar-refractivity contribution < 1.29 is 0 Å². The number of hydrogen-bond acceptors (Lipinski definition) is 0. The van der Waals surface area contributed by atoms with Crippen molar-refractivity contribution in [3.8, 4) is 0 Å². The van der Waals surface area contributed by atoms with Crippen LogP contribution >= 0.6 is 0 Å². The lowest BCUT2D eigenvalue weighted by Crippen LogP contribution is -1.93. The number of H-pyrrole nitrogens is 1. The molecule has 0 radical (unpaired) electrons. The summed E-state index contributed by atoms with van der Waals surface area (Å²) in [6.45, 7) is 0. The summed E-state index contributed by atoms with van der Waals surface area (Å²) in [7, 11) is 0. The first-order valence-electron chi connectivity index (χ1n) is 6.12. The number of aromatic nitrogens is 1. The largest absolute Gasteiger partial charge is 0.354 e. The Labute approximate surface area is 99.8 Å². The third-order valence-electron chi connectivity index (χ3n) is 3.67. The number of allylic oxidation sites excluding steroid dienone is 1. The Balaban J connectivity index is 2.25. The van der Waals surface area contributed by atoms with Crippen LogP contribution in [0.4, 0.5) is 0 Å². The van der Waals surface area contributed by atoms with E-state index in [9.17, 15) is 0 Å². The number of aromatic amines is 1. The van der Waals surface area contributed by atoms with Crippen LogP contribution in [0.3, 0.4) is 0 Å². The Bertz CT molecular complexity index is 747. The number of rotatable bonds is 0. The van der Waals surface area contributed by atoms with E-state index in [1.807, 2.05) is 0 Å². The first-order chi connectivity index (χ1) is 8.43. The lowest BCUT2D eigenvalue weighted by Gasteiger charge is -2.11. The van der Waals surface area contributed by atoms with Crippen molar-refractivity contribution in [3.63, 3.8) is 0 Å². The van der Waals surface area contributed by atoms with Crippen molar-refractivity contribution in [1.82, 2.24) is 4.98 Å². The molecule has 4 rings (SSSR count). The highest BCUT2D eigenvalue weighted by Gasteiger charge is 2.12. The molecule has 1 heterocycles. The van der Waals surface area contributed by atoms with Crippen LogP contribution in [0.1, 0.15) is 17.5 Å². The molecule has 1 nitrogen and oxygen atoms in total. The predicted octanol–water partition coefficient (Wildman–Crippen LogP) is 4.28. The fraction of sp³-hybridized carbons (Fsp3) is 0.125. The molecule has 0 atom stereocenters. The highest BCUT2D eigenvalue weighted by Crippen LogP contribution is 2.33. The standard InChI is InChI=1S/C16H13N/c1-2-6-12-11(5-1)9-10-15-16(12)13-7-3-4-8-14(13)17-15/h2-4,6-10,17H,1,5H2. The third-order valence-corrected chi connectivity index (χ3v) is 3.67. The van der Waals surface area contributed by atoms with Crippen LogP contribution in [-0.4, -0.2) is 4.98 Å². The van der Waals surface area contributed by atoms with E-state index >= 15 is 0 Å². The summed E-state index contributed by atoms with van der Waals surface area (Å²) in [5, 5.41) is 2.72. The Kier molecular flexibility index (Phi) is 1.72. The van der Waals surface area contributed by atoms with Gasteiger partial charge in [0.25, 0.3) is 0 Å². The zero-order valence-electron chi connectivity index (χ0n) is 9.53. The van der Waals surface area contributed by atoms with Gasteiger partial charge in [-0.3, -0.25) is 0 Å². The van der Waals surface area contributed by atoms with Crippen molar-refractivity contribution in [2.24, 2.45) is 0 Å². The summed E-state index contributed by atoms with van der Waals surface area (Å²) < 4.78 is 0. The maximum atomic E-state index is 3.49. The summed E-state index contributed by atoms with van der Waals surface area (Å²) in [5.74, 6) is 0. The number of fused-ring (bicyclic) bond motifs is 5. The maximum Gasteiger partial charge on any atom is 0.0471 e. The molecule has 1 aromatic heterocycles.